The molecule has 1 aliphatic carbocycles. The zero-order chi connectivity index (χ0) is 13.0. The molecule has 0 spiro atoms. The zero-order valence-electron chi connectivity index (χ0n) is 11.1. The van der Waals surface area contributed by atoms with Crippen molar-refractivity contribution in [2.24, 2.45) is 5.41 Å². The quantitative estimate of drug-likeness (QED) is 0.654. The Morgan fingerprint density at radius 3 is 2.78 bits per heavy atom. The van der Waals surface area contributed by atoms with E-state index in [0.29, 0.717) is 19.0 Å². The van der Waals surface area contributed by atoms with Crippen LogP contribution in [0.15, 0.2) is 0 Å². The highest BCUT2D eigenvalue weighted by molar-refractivity contribution is 5.83. The predicted octanol–water partition coefficient (Wildman–Crippen LogP) is 0.161. The van der Waals surface area contributed by atoms with E-state index in [9.17, 15) is 9.59 Å². The number of rotatable bonds is 5. The van der Waals surface area contributed by atoms with E-state index in [0.717, 1.165) is 38.8 Å². The van der Waals surface area contributed by atoms with E-state index in [1.807, 2.05) is 6.92 Å². The summed E-state index contributed by atoms with van der Waals surface area (Å²) in [7, 11) is 0. The molecule has 0 aromatic rings. The van der Waals surface area contributed by atoms with Gasteiger partial charge in [0.2, 0.25) is 11.8 Å². The molecular weight excluding hydrogens is 230 g/mol. The molecule has 1 unspecified atom stereocenters. The summed E-state index contributed by atoms with van der Waals surface area (Å²) in [5.41, 5.74) is -0.314. The summed E-state index contributed by atoms with van der Waals surface area (Å²) in [6.45, 7) is 4.14. The van der Waals surface area contributed by atoms with Crippen LogP contribution in [0.3, 0.4) is 0 Å². The molecule has 0 aromatic heterocycles. The summed E-state index contributed by atoms with van der Waals surface area (Å²) in [5.74, 6) is 0.110. The molecular formula is C13H23N3O2. The summed E-state index contributed by atoms with van der Waals surface area (Å²) in [6.07, 6.45) is 4.53. The van der Waals surface area contributed by atoms with Gasteiger partial charge >= 0.3 is 0 Å². The molecule has 2 rings (SSSR count). The number of carbonyl (C=O) groups excluding carboxylic acids is 2. The van der Waals surface area contributed by atoms with Crippen LogP contribution in [0.5, 0.6) is 0 Å². The third-order valence-corrected chi connectivity index (χ3v) is 3.73. The summed E-state index contributed by atoms with van der Waals surface area (Å²) in [6, 6.07) is 0.397. The van der Waals surface area contributed by atoms with Crippen LogP contribution in [0.25, 0.3) is 0 Å². The molecule has 0 aromatic carbocycles. The van der Waals surface area contributed by atoms with Crippen LogP contribution in [-0.4, -0.2) is 37.5 Å². The third kappa shape index (κ3) is 3.70. The highest BCUT2D eigenvalue weighted by Gasteiger charge is 2.34. The SMILES string of the molecule is CC1(C(=O)NCCC(=O)NC2CC2)CCCNC1. The molecule has 1 atom stereocenters. The van der Waals surface area contributed by atoms with Gasteiger partial charge in [0.05, 0.1) is 5.41 Å². The van der Waals surface area contributed by atoms with Crippen LogP contribution in [-0.2, 0) is 9.59 Å². The molecule has 18 heavy (non-hydrogen) atoms. The molecule has 2 aliphatic rings. The molecule has 0 radical (unpaired) electrons. The minimum atomic E-state index is -0.314. The third-order valence-electron chi connectivity index (χ3n) is 3.73. The first-order chi connectivity index (χ1) is 8.60. The standard InChI is InChI=1S/C13H23N3O2/c1-13(6-2-7-14-9-13)12(18)15-8-5-11(17)16-10-3-4-10/h10,14H,2-9H2,1H3,(H,15,18)(H,16,17). The van der Waals surface area contributed by atoms with Gasteiger partial charge in [0.25, 0.3) is 0 Å². The first-order valence-corrected chi connectivity index (χ1v) is 6.88. The minimum Gasteiger partial charge on any atom is -0.355 e. The van der Waals surface area contributed by atoms with Gasteiger partial charge in [0, 0.05) is 25.6 Å². The predicted molar refractivity (Wildman–Crippen MR) is 69.0 cm³/mol. The number of amides is 2. The van der Waals surface area contributed by atoms with Crippen molar-refractivity contribution in [2.75, 3.05) is 19.6 Å². The van der Waals surface area contributed by atoms with Crippen molar-refractivity contribution in [3.05, 3.63) is 0 Å². The molecule has 1 heterocycles. The van der Waals surface area contributed by atoms with E-state index >= 15 is 0 Å². The fraction of sp³-hybridized carbons (Fsp3) is 0.846. The summed E-state index contributed by atoms with van der Waals surface area (Å²) < 4.78 is 0. The van der Waals surface area contributed by atoms with E-state index in [-0.39, 0.29) is 17.2 Å². The van der Waals surface area contributed by atoms with Gasteiger partial charge < -0.3 is 16.0 Å². The molecule has 1 saturated carbocycles. The average molecular weight is 253 g/mol. The molecule has 102 valence electrons. The van der Waals surface area contributed by atoms with Gasteiger partial charge in [-0.3, -0.25) is 9.59 Å². The van der Waals surface area contributed by atoms with E-state index in [2.05, 4.69) is 16.0 Å². The summed E-state index contributed by atoms with van der Waals surface area (Å²) in [4.78, 5) is 23.5. The van der Waals surface area contributed by atoms with Gasteiger partial charge in [-0.15, -0.1) is 0 Å². The fourth-order valence-corrected chi connectivity index (χ4v) is 2.28. The number of carbonyl (C=O) groups is 2. The molecule has 5 nitrogen and oxygen atoms in total. The highest BCUT2D eigenvalue weighted by atomic mass is 16.2. The smallest absolute Gasteiger partial charge is 0.227 e. The maximum Gasteiger partial charge on any atom is 0.227 e. The monoisotopic (exact) mass is 253 g/mol. The lowest BCUT2D eigenvalue weighted by molar-refractivity contribution is -0.131. The molecule has 1 saturated heterocycles. The molecule has 2 amide bonds. The lowest BCUT2D eigenvalue weighted by Crippen LogP contribution is -2.49. The molecule has 2 fully saturated rings. The van der Waals surface area contributed by atoms with Crippen molar-refractivity contribution < 1.29 is 9.59 Å². The van der Waals surface area contributed by atoms with Gasteiger partial charge in [0.1, 0.15) is 0 Å². The van der Waals surface area contributed by atoms with E-state index in [1.165, 1.54) is 0 Å². The van der Waals surface area contributed by atoms with Gasteiger partial charge in [-0.25, -0.2) is 0 Å². The van der Waals surface area contributed by atoms with Crippen molar-refractivity contribution in [1.82, 2.24) is 16.0 Å². The molecule has 5 heteroatoms. The van der Waals surface area contributed by atoms with Crippen LogP contribution >= 0.6 is 0 Å². The van der Waals surface area contributed by atoms with E-state index < -0.39 is 0 Å². The first kappa shape index (κ1) is 13.3. The summed E-state index contributed by atoms with van der Waals surface area (Å²) >= 11 is 0. The lowest BCUT2D eigenvalue weighted by atomic mass is 9.82. The van der Waals surface area contributed by atoms with Gasteiger partial charge in [-0.1, -0.05) is 0 Å². The number of piperidine rings is 1. The molecule has 0 bridgehead atoms. The Bertz CT molecular complexity index is 320. The van der Waals surface area contributed by atoms with Gasteiger partial charge in [-0.2, -0.15) is 0 Å². The Hall–Kier alpha value is -1.10. The van der Waals surface area contributed by atoms with E-state index in [1.54, 1.807) is 0 Å². The number of hydrogen-bond acceptors (Lipinski definition) is 3. The maximum atomic E-state index is 12.1. The molecule has 3 N–H and O–H groups in total. The van der Waals surface area contributed by atoms with Crippen LogP contribution in [0.4, 0.5) is 0 Å². The Morgan fingerprint density at radius 1 is 1.39 bits per heavy atom. The largest absolute Gasteiger partial charge is 0.355 e. The summed E-state index contributed by atoms with van der Waals surface area (Å²) in [5, 5.41) is 9.04. The van der Waals surface area contributed by atoms with Crippen LogP contribution in [0.1, 0.15) is 39.0 Å². The van der Waals surface area contributed by atoms with Crippen molar-refractivity contribution in [3.8, 4) is 0 Å². The van der Waals surface area contributed by atoms with Crippen molar-refractivity contribution in [3.63, 3.8) is 0 Å². The topological polar surface area (TPSA) is 70.2 Å². The van der Waals surface area contributed by atoms with Crippen molar-refractivity contribution in [2.45, 2.75) is 45.1 Å². The number of nitrogens with one attached hydrogen (secondary N) is 3. The van der Waals surface area contributed by atoms with Crippen LogP contribution in [0, 0.1) is 5.41 Å². The van der Waals surface area contributed by atoms with Crippen molar-refractivity contribution >= 4 is 11.8 Å². The Balaban J connectivity index is 1.65. The van der Waals surface area contributed by atoms with Crippen molar-refractivity contribution in [1.29, 1.82) is 0 Å². The zero-order valence-corrected chi connectivity index (χ0v) is 11.1. The van der Waals surface area contributed by atoms with Crippen LogP contribution < -0.4 is 16.0 Å². The minimum absolute atomic E-state index is 0.0460. The second-order valence-corrected chi connectivity index (χ2v) is 5.69. The number of hydrogen-bond donors (Lipinski definition) is 3. The lowest BCUT2D eigenvalue weighted by Gasteiger charge is -2.32. The van der Waals surface area contributed by atoms with Gasteiger partial charge in [0.15, 0.2) is 0 Å². The van der Waals surface area contributed by atoms with Crippen LogP contribution in [0.2, 0.25) is 0 Å². The Kier molecular flexibility index (Phi) is 4.22. The first-order valence-electron chi connectivity index (χ1n) is 6.88. The molecule has 1 aliphatic heterocycles. The fourth-order valence-electron chi connectivity index (χ4n) is 2.28. The normalized spacial score (nSPS) is 27.6. The second kappa shape index (κ2) is 5.69. The second-order valence-electron chi connectivity index (χ2n) is 5.69. The van der Waals surface area contributed by atoms with E-state index in [4.69, 9.17) is 0 Å². The van der Waals surface area contributed by atoms with Gasteiger partial charge in [-0.05, 0) is 39.2 Å². The average Bonchev–Trinajstić information content (AvgIpc) is 3.13. The Labute approximate surface area is 108 Å². The highest BCUT2D eigenvalue weighted by Crippen LogP contribution is 2.25. The maximum absolute atomic E-state index is 12.1. The Morgan fingerprint density at radius 2 is 2.17 bits per heavy atom.